The third kappa shape index (κ3) is 5.23. The SMILES string of the molecule is C=C(Br)S(=O)(=O)N(C/C=C\CCC)Cc1ccccc1. The first-order valence-corrected chi connectivity index (χ1v) is 8.75. The topological polar surface area (TPSA) is 37.4 Å². The maximum absolute atomic E-state index is 12.2. The average molecular weight is 358 g/mol. The lowest BCUT2D eigenvalue weighted by molar-refractivity contribution is 0.445. The molecular weight excluding hydrogens is 338 g/mol. The first-order valence-electron chi connectivity index (χ1n) is 6.52. The van der Waals surface area contributed by atoms with Crippen LogP contribution in [0.15, 0.2) is 52.9 Å². The van der Waals surface area contributed by atoms with Gasteiger partial charge in [0, 0.05) is 13.1 Å². The van der Waals surface area contributed by atoms with Crippen LogP contribution in [0.4, 0.5) is 0 Å². The standard InChI is InChI=1S/C15H20BrNO2S/c1-3-4-5-9-12-17(20(18,19)14(2)16)13-15-10-7-6-8-11-15/h5-11H,2-4,12-13H2,1H3/b9-5-. The molecule has 0 saturated heterocycles. The Kier molecular flexibility index (Phi) is 7.19. The second kappa shape index (κ2) is 8.39. The minimum absolute atomic E-state index is 0.00942. The molecule has 0 bridgehead atoms. The fourth-order valence-corrected chi connectivity index (χ4v) is 3.15. The molecule has 20 heavy (non-hydrogen) atoms. The Labute approximate surface area is 130 Å². The predicted octanol–water partition coefficient (Wildman–Crippen LogP) is 4.04. The van der Waals surface area contributed by atoms with E-state index in [0.717, 1.165) is 18.4 Å². The van der Waals surface area contributed by atoms with Gasteiger partial charge in [0.1, 0.15) is 3.81 Å². The van der Waals surface area contributed by atoms with Gasteiger partial charge in [-0.1, -0.05) is 62.4 Å². The predicted molar refractivity (Wildman–Crippen MR) is 87.9 cm³/mol. The van der Waals surface area contributed by atoms with Crippen molar-refractivity contribution < 1.29 is 8.42 Å². The van der Waals surface area contributed by atoms with E-state index in [-0.39, 0.29) is 3.81 Å². The van der Waals surface area contributed by atoms with Crippen molar-refractivity contribution in [3.05, 3.63) is 58.4 Å². The second-order valence-corrected chi connectivity index (χ2v) is 7.84. The lowest BCUT2D eigenvalue weighted by atomic mass is 10.2. The third-order valence-electron chi connectivity index (χ3n) is 2.75. The van der Waals surface area contributed by atoms with E-state index < -0.39 is 10.0 Å². The minimum atomic E-state index is -3.52. The van der Waals surface area contributed by atoms with Crippen molar-refractivity contribution in [2.45, 2.75) is 26.3 Å². The molecule has 1 aromatic carbocycles. The minimum Gasteiger partial charge on any atom is -0.206 e. The van der Waals surface area contributed by atoms with Crippen molar-refractivity contribution in [2.24, 2.45) is 0 Å². The van der Waals surface area contributed by atoms with Crippen molar-refractivity contribution in [3.63, 3.8) is 0 Å². The maximum atomic E-state index is 12.2. The number of hydrogen-bond acceptors (Lipinski definition) is 2. The van der Waals surface area contributed by atoms with Crippen LogP contribution in [0.1, 0.15) is 25.3 Å². The zero-order valence-corrected chi connectivity index (χ0v) is 14.0. The molecule has 0 aliphatic carbocycles. The van der Waals surface area contributed by atoms with E-state index in [9.17, 15) is 8.42 Å². The molecule has 5 heteroatoms. The molecule has 3 nitrogen and oxygen atoms in total. The molecule has 0 aliphatic heterocycles. The van der Waals surface area contributed by atoms with Crippen molar-refractivity contribution in [3.8, 4) is 0 Å². The van der Waals surface area contributed by atoms with Gasteiger partial charge in [-0.05, 0) is 27.9 Å². The van der Waals surface area contributed by atoms with Crippen molar-refractivity contribution in [1.82, 2.24) is 4.31 Å². The highest BCUT2D eigenvalue weighted by atomic mass is 79.9. The highest BCUT2D eigenvalue weighted by Crippen LogP contribution is 2.19. The lowest BCUT2D eigenvalue weighted by Crippen LogP contribution is -2.30. The first kappa shape index (κ1) is 17.1. The van der Waals surface area contributed by atoms with Gasteiger partial charge in [-0.3, -0.25) is 0 Å². The number of sulfonamides is 1. The quantitative estimate of drug-likeness (QED) is 0.658. The van der Waals surface area contributed by atoms with Gasteiger partial charge in [-0.15, -0.1) is 0 Å². The Morgan fingerprint density at radius 3 is 2.50 bits per heavy atom. The molecule has 0 amide bonds. The van der Waals surface area contributed by atoms with Crippen LogP contribution < -0.4 is 0 Å². The Morgan fingerprint density at radius 2 is 1.95 bits per heavy atom. The lowest BCUT2D eigenvalue weighted by Gasteiger charge is -2.20. The van der Waals surface area contributed by atoms with Gasteiger partial charge in [0.2, 0.25) is 10.0 Å². The van der Waals surface area contributed by atoms with Crippen molar-refractivity contribution in [1.29, 1.82) is 0 Å². The van der Waals surface area contributed by atoms with Gasteiger partial charge in [-0.25, -0.2) is 8.42 Å². The van der Waals surface area contributed by atoms with Gasteiger partial charge in [0.15, 0.2) is 0 Å². The molecule has 110 valence electrons. The van der Waals surface area contributed by atoms with Gasteiger partial charge in [-0.2, -0.15) is 4.31 Å². The normalized spacial score (nSPS) is 12.2. The van der Waals surface area contributed by atoms with E-state index in [1.807, 2.05) is 42.5 Å². The summed E-state index contributed by atoms with van der Waals surface area (Å²) in [6.07, 6.45) is 5.89. The summed E-state index contributed by atoms with van der Waals surface area (Å²) >= 11 is 2.98. The fourth-order valence-electron chi connectivity index (χ4n) is 1.65. The van der Waals surface area contributed by atoms with Crippen LogP contribution in [0, 0.1) is 0 Å². The number of hydrogen-bond donors (Lipinski definition) is 0. The van der Waals surface area contributed by atoms with Crippen LogP contribution in [-0.4, -0.2) is 19.3 Å². The fraction of sp³-hybridized carbons (Fsp3) is 0.333. The van der Waals surface area contributed by atoms with Gasteiger partial charge >= 0.3 is 0 Å². The molecule has 0 fully saturated rings. The summed E-state index contributed by atoms with van der Waals surface area (Å²) in [5.41, 5.74) is 0.953. The zero-order valence-electron chi connectivity index (χ0n) is 11.6. The van der Waals surface area contributed by atoms with E-state index in [4.69, 9.17) is 0 Å². The largest absolute Gasteiger partial charge is 0.249 e. The smallest absolute Gasteiger partial charge is 0.206 e. The summed E-state index contributed by atoms with van der Waals surface area (Å²) in [5, 5.41) is 0. The van der Waals surface area contributed by atoms with Crippen LogP contribution >= 0.6 is 15.9 Å². The molecule has 0 heterocycles. The molecule has 1 aromatic rings. The number of halogens is 1. The van der Waals surface area contributed by atoms with Crippen molar-refractivity contribution >= 4 is 26.0 Å². The molecule has 0 aliphatic rings. The van der Waals surface area contributed by atoms with Gasteiger partial charge in [0.05, 0.1) is 0 Å². The van der Waals surface area contributed by atoms with Crippen LogP contribution in [0.2, 0.25) is 0 Å². The molecule has 0 unspecified atom stereocenters. The average Bonchev–Trinajstić information content (AvgIpc) is 2.43. The molecule has 0 atom stereocenters. The van der Waals surface area contributed by atoms with E-state index in [1.54, 1.807) is 0 Å². The Hall–Kier alpha value is -0.910. The van der Waals surface area contributed by atoms with E-state index >= 15 is 0 Å². The van der Waals surface area contributed by atoms with E-state index in [0.29, 0.717) is 13.1 Å². The summed E-state index contributed by atoms with van der Waals surface area (Å²) in [4.78, 5) is 0. The Bertz CT molecular complexity index is 552. The number of nitrogens with zero attached hydrogens (tertiary/aromatic N) is 1. The summed E-state index contributed by atoms with van der Waals surface area (Å²) in [6, 6.07) is 9.53. The highest BCUT2D eigenvalue weighted by molar-refractivity contribution is 9.13. The molecular formula is C15H20BrNO2S. The van der Waals surface area contributed by atoms with Crippen molar-refractivity contribution in [2.75, 3.05) is 6.54 Å². The highest BCUT2D eigenvalue weighted by Gasteiger charge is 2.23. The maximum Gasteiger partial charge on any atom is 0.249 e. The first-order chi connectivity index (χ1) is 9.48. The molecule has 1 rings (SSSR count). The summed E-state index contributed by atoms with van der Waals surface area (Å²) < 4.78 is 25.9. The summed E-state index contributed by atoms with van der Waals surface area (Å²) in [6.45, 7) is 6.27. The van der Waals surface area contributed by atoms with E-state index in [2.05, 4.69) is 29.4 Å². The van der Waals surface area contributed by atoms with Crippen LogP contribution in [0.3, 0.4) is 0 Å². The number of unbranched alkanes of at least 4 members (excludes halogenated alkanes) is 1. The van der Waals surface area contributed by atoms with Gasteiger partial charge in [0.25, 0.3) is 0 Å². The monoisotopic (exact) mass is 357 g/mol. The molecule has 0 spiro atoms. The molecule has 0 radical (unpaired) electrons. The zero-order chi connectivity index (χ0) is 15.0. The molecule has 0 N–H and O–H groups in total. The second-order valence-electron chi connectivity index (χ2n) is 4.40. The van der Waals surface area contributed by atoms with E-state index in [1.165, 1.54) is 4.31 Å². The van der Waals surface area contributed by atoms with Crippen LogP contribution in [0.25, 0.3) is 0 Å². The molecule has 0 saturated carbocycles. The van der Waals surface area contributed by atoms with Gasteiger partial charge < -0.3 is 0 Å². The number of rotatable bonds is 8. The number of benzene rings is 1. The van der Waals surface area contributed by atoms with Crippen LogP contribution in [-0.2, 0) is 16.6 Å². The summed E-state index contributed by atoms with van der Waals surface area (Å²) in [7, 11) is -3.52. The Morgan fingerprint density at radius 1 is 1.30 bits per heavy atom. The summed E-state index contributed by atoms with van der Waals surface area (Å²) in [5.74, 6) is 0. The van der Waals surface area contributed by atoms with Crippen LogP contribution in [0.5, 0.6) is 0 Å². The number of allylic oxidation sites excluding steroid dienone is 1. The third-order valence-corrected chi connectivity index (χ3v) is 5.50. The molecule has 0 aromatic heterocycles. The Balaban J connectivity index is 2.88.